The van der Waals surface area contributed by atoms with E-state index in [1.165, 1.54) is 0 Å². The summed E-state index contributed by atoms with van der Waals surface area (Å²) in [6, 6.07) is 23.2. The van der Waals surface area contributed by atoms with Gasteiger partial charge in [0.2, 0.25) is 0 Å². The van der Waals surface area contributed by atoms with E-state index in [1.807, 2.05) is 35.0 Å². The van der Waals surface area contributed by atoms with Gasteiger partial charge in [0, 0.05) is 17.7 Å². The number of aryl methyl sites for hydroxylation is 1. The molecule has 170 valence electrons. The Bertz CT molecular complexity index is 1310. The van der Waals surface area contributed by atoms with Crippen molar-refractivity contribution in [3.63, 3.8) is 0 Å². The number of carboxylic acids is 1. The second-order valence-electron chi connectivity index (χ2n) is 7.64. The van der Waals surface area contributed by atoms with Crippen LogP contribution in [0.2, 0.25) is 0 Å². The molecule has 0 saturated heterocycles. The quantitative estimate of drug-likeness (QED) is 0.297. The van der Waals surface area contributed by atoms with E-state index in [2.05, 4.69) is 10.6 Å². The lowest BCUT2D eigenvalue weighted by molar-refractivity contribution is -0.136. The highest BCUT2D eigenvalue weighted by Crippen LogP contribution is 2.23. The van der Waals surface area contributed by atoms with Gasteiger partial charge in [-0.25, -0.2) is 0 Å². The Morgan fingerprint density at radius 3 is 2.32 bits per heavy atom. The SMILES string of the molecule is O=C(O)CCc1cccc(NC(=O)c2ccccc2NC(=O)c2ccc(-c3ccsc3)cc2)c1. The zero-order chi connectivity index (χ0) is 23.9. The summed E-state index contributed by atoms with van der Waals surface area (Å²) in [5, 5.41) is 18.6. The number of carbonyl (C=O) groups is 3. The van der Waals surface area contributed by atoms with Gasteiger partial charge in [0.05, 0.1) is 11.3 Å². The van der Waals surface area contributed by atoms with Crippen molar-refractivity contribution in [2.75, 3.05) is 10.6 Å². The number of hydrogen-bond acceptors (Lipinski definition) is 4. The molecule has 0 unspecified atom stereocenters. The van der Waals surface area contributed by atoms with Crippen LogP contribution in [0.25, 0.3) is 11.1 Å². The number of anilines is 2. The van der Waals surface area contributed by atoms with Crippen molar-refractivity contribution in [1.29, 1.82) is 0 Å². The molecule has 0 aliphatic carbocycles. The summed E-state index contributed by atoms with van der Waals surface area (Å²) in [5.74, 6) is -1.56. The van der Waals surface area contributed by atoms with Crippen LogP contribution in [0.5, 0.6) is 0 Å². The Morgan fingerprint density at radius 1 is 0.794 bits per heavy atom. The Morgan fingerprint density at radius 2 is 1.59 bits per heavy atom. The molecule has 2 amide bonds. The van der Waals surface area contributed by atoms with Crippen molar-refractivity contribution < 1.29 is 19.5 Å². The third-order valence-corrected chi connectivity index (χ3v) is 5.92. The Hall–Kier alpha value is -4.23. The summed E-state index contributed by atoms with van der Waals surface area (Å²) in [6.45, 7) is 0. The number of para-hydroxylation sites is 1. The molecule has 1 aromatic heterocycles. The molecule has 0 saturated carbocycles. The molecule has 0 atom stereocenters. The van der Waals surface area contributed by atoms with Gasteiger partial charge in [0.1, 0.15) is 0 Å². The average molecular weight is 471 g/mol. The van der Waals surface area contributed by atoms with E-state index in [-0.39, 0.29) is 18.2 Å². The largest absolute Gasteiger partial charge is 0.481 e. The van der Waals surface area contributed by atoms with Crippen molar-refractivity contribution in [2.45, 2.75) is 12.8 Å². The van der Waals surface area contributed by atoms with Gasteiger partial charge in [-0.15, -0.1) is 0 Å². The first-order chi connectivity index (χ1) is 16.5. The molecule has 0 bridgehead atoms. The van der Waals surface area contributed by atoms with Crippen LogP contribution in [0.1, 0.15) is 32.7 Å². The molecule has 6 nitrogen and oxygen atoms in total. The molecule has 0 spiro atoms. The van der Waals surface area contributed by atoms with Crippen LogP contribution >= 0.6 is 11.3 Å². The molecule has 1 heterocycles. The van der Waals surface area contributed by atoms with Gasteiger partial charge < -0.3 is 15.7 Å². The zero-order valence-corrected chi connectivity index (χ0v) is 19.0. The molecule has 7 heteroatoms. The van der Waals surface area contributed by atoms with E-state index in [0.29, 0.717) is 28.9 Å². The minimum absolute atomic E-state index is 0.0144. The maximum Gasteiger partial charge on any atom is 0.303 e. The lowest BCUT2D eigenvalue weighted by Gasteiger charge is -2.12. The number of hydrogen-bond donors (Lipinski definition) is 3. The molecule has 4 aromatic rings. The topological polar surface area (TPSA) is 95.5 Å². The maximum absolute atomic E-state index is 13.0. The van der Waals surface area contributed by atoms with Crippen LogP contribution in [-0.2, 0) is 11.2 Å². The van der Waals surface area contributed by atoms with Crippen molar-refractivity contribution in [1.82, 2.24) is 0 Å². The maximum atomic E-state index is 13.0. The smallest absolute Gasteiger partial charge is 0.303 e. The number of thiophene rings is 1. The van der Waals surface area contributed by atoms with Crippen LogP contribution in [-0.4, -0.2) is 22.9 Å². The van der Waals surface area contributed by atoms with E-state index >= 15 is 0 Å². The number of carboxylic acid groups (broad SMARTS) is 1. The fourth-order valence-electron chi connectivity index (χ4n) is 3.48. The van der Waals surface area contributed by atoms with E-state index in [1.54, 1.807) is 65.9 Å². The fraction of sp³-hybridized carbons (Fsp3) is 0.0741. The first-order valence-corrected chi connectivity index (χ1v) is 11.6. The predicted octanol–water partition coefficient (Wildman–Crippen LogP) is 5.94. The zero-order valence-electron chi connectivity index (χ0n) is 18.2. The highest BCUT2D eigenvalue weighted by atomic mass is 32.1. The second-order valence-corrected chi connectivity index (χ2v) is 8.42. The van der Waals surface area contributed by atoms with Gasteiger partial charge >= 0.3 is 5.97 Å². The average Bonchev–Trinajstić information content (AvgIpc) is 3.38. The third-order valence-electron chi connectivity index (χ3n) is 5.23. The summed E-state index contributed by atoms with van der Waals surface area (Å²) in [5.41, 5.74) is 4.70. The van der Waals surface area contributed by atoms with Gasteiger partial charge in [0.25, 0.3) is 11.8 Å². The first kappa shape index (κ1) is 22.9. The van der Waals surface area contributed by atoms with E-state index in [9.17, 15) is 14.4 Å². The number of carbonyl (C=O) groups excluding carboxylic acids is 2. The normalized spacial score (nSPS) is 10.5. The molecule has 4 rings (SSSR count). The summed E-state index contributed by atoms with van der Waals surface area (Å²) < 4.78 is 0. The van der Waals surface area contributed by atoms with Crippen LogP contribution in [0, 0.1) is 0 Å². The monoisotopic (exact) mass is 470 g/mol. The van der Waals surface area contributed by atoms with Gasteiger partial charge in [-0.1, -0.05) is 36.4 Å². The molecule has 0 radical (unpaired) electrons. The van der Waals surface area contributed by atoms with Crippen LogP contribution < -0.4 is 10.6 Å². The molecule has 3 N–H and O–H groups in total. The summed E-state index contributed by atoms with van der Waals surface area (Å²) in [4.78, 5) is 36.6. The fourth-order valence-corrected chi connectivity index (χ4v) is 4.15. The molecule has 3 aromatic carbocycles. The predicted molar refractivity (Wildman–Crippen MR) is 135 cm³/mol. The van der Waals surface area contributed by atoms with E-state index in [4.69, 9.17) is 5.11 Å². The highest BCUT2D eigenvalue weighted by Gasteiger charge is 2.15. The van der Waals surface area contributed by atoms with Crippen LogP contribution in [0.15, 0.2) is 89.6 Å². The summed E-state index contributed by atoms with van der Waals surface area (Å²) >= 11 is 1.61. The molecule has 0 fully saturated rings. The summed E-state index contributed by atoms with van der Waals surface area (Å²) in [7, 11) is 0. The molecular formula is C27H22N2O4S. The standard InChI is InChI=1S/C27H22N2O4S/c30-25(31)13-8-18-4-3-5-22(16-18)28-27(33)23-6-1-2-7-24(23)29-26(32)20-11-9-19(10-12-20)21-14-15-34-17-21/h1-7,9-12,14-17H,8,13H2,(H,28,33)(H,29,32)(H,30,31). The Balaban J connectivity index is 1.46. The van der Waals surface area contributed by atoms with Crippen LogP contribution in [0.4, 0.5) is 11.4 Å². The van der Waals surface area contributed by atoms with E-state index < -0.39 is 5.97 Å². The van der Waals surface area contributed by atoms with Crippen molar-refractivity contribution >= 4 is 40.5 Å². The highest BCUT2D eigenvalue weighted by molar-refractivity contribution is 7.08. The number of nitrogens with one attached hydrogen (secondary N) is 2. The third kappa shape index (κ3) is 5.76. The van der Waals surface area contributed by atoms with Gasteiger partial charge in [-0.3, -0.25) is 14.4 Å². The Labute approximate surface area is 200 Å². The minimum atomic E-state index is -0.875. The second kappa shape index (κ2) is 10.6. The van der Waals surface area contributed by atoms with E-state index in [0.717, 1.165) is 16.7 Å². The van der Waals surface area contributed by atoms with Crippen molar-refractivity contribution in [2.24, 2.45) is 0 Å². The molecule has 0 aliphatic heterocycles. The van der Waals surface area contributed by atoms with Gasteiger partial charge in [-0.05, 0) is 76.3 Å². The molecule has 34 heavy (non-hydrogen) atoms. The lowest BCUT2D eigenvalue weighted by atomic mass is 10.1. The number of amides is 2. The van der Waals surface area contributed by atoms with Crippen molar-refractivity contribution in [3.8, 4) is 11.1 Å². The number of benzene rings is 3. The van der Waals surface area contributed by atoms with Gasteiger partial charge in [-0.2, -0.15) is 11.3 Å². The number of rotatable bonds is 8. The van der Waals surface area contributed by atoms with Crippen LogP contribution in [0.3, 0.4) is 0 Å². The number of aliphatic carboxylic acids is 1. The first-order valence-electron chi connectivity index (χ1n) is 10.6. The minimum Gasteiger partial charge on any atom is -0.481 e. The lowest BCUT2D eigenvalue weighted by Crippen LogP contribution is -2.18. The Kier molecular flexibility index (Phi) is 7.15. The van der Waals surface area contributed by atoms with Crippen molar-refractivity contribution in [3.05, 3.63) is 106 Å². The van der Waals surface area contributed by atoms with Gasteiger partial charge in [0.15, 0.2) is 0 Å². The molecule has 0 aliphatic rings. The summed E-state index contributed by atoms with van der Waals surface area (Å²) in [6.07, 6.45) is 0.386. The molecular weight excluding hydrogens is 448 g/mol.